The van der Waals surface area contributed by atoms with Crippen LogP contribution in [0.3, 0.4) is 0 Å². The van der Waals surface area contributed by atoms with E-state index in [0.29, 0.717) is 0 Å². The van der Waals surface area contributed by atoms with Gasteiger partial charge in [0, 0.05) is 27.5 Å². The predicted octanol–water partition coefficient (Wildman–Crippen LogP) is 4.75. The van der Waals surface area contributed by atoms with Crippen LogP contribution in [-0.2, 0) is 6.42 Å². The highest BCUT2D eigenvalue weighted by Gasteiger charge is 2.07. The molecule has 1 heterocycles. The van der Waals surface area contributed by atoms with Crippen molar-refractivity contribution in [2.45, 2.75) is 6.42 Å². The summed E-state index contributed by atoms with van der Waals surface area (Å²) in [5.74, 6) is 0. The highest BCUT2D eigenvalue weighted by atomic mass is 79.9. The third-order valence-electron chi connectivity index (χ3n) is 3.06. The molecule has 0 saturated carbocycles. The average molecular weight is 345 g/mol. The van der Waals surface area contributed by atoms with Gasteiger partial charge in [0.25, 0.3) is 0 Å². The Morgan fingerprint density at radius 1 is 1.05 bits per heavy atom. The lowest BCUT2D eigenvalue weighted by Gasteiger charge is -2.01. The number of thiazole rings is 1. The van der Waals surface area contributed by atoms with Gasteiger partial charge in [0.15, 0.2) is 0 Å². The van der Waals surface area contributed by atoms with Crippen LogP contribution in [0.25, 0.3) is 11.3 Å². The molecule has 0 amide bonds. The van der Waals surface area contributed by atoms with Gasteiger partial charge < -0.3 is 5.73 Å². The van der Waals surface area contributed by atoms with E-state index in [1.165, 1.54) is 5.56 Å². The maximum absolute atomic E-state index is 5.99. The van der Waals surface area contributed by atoms with E-state index in [0.717, 1.165) is 32.8 Å². The number of nitrogen functional groups attached to an aromatic ring is 1. The molecule has 2 aromatic carbocycles. The van der Waals surface area contributed by atoms with Gasteiger partial charge in [-0.05, 0) is 23.8 Å². The van der Waals surface area contributed by atoms with Gasteiger partial charge in [0.05, 0.1) is 10.7 Å². The van der Waals surface area contributed by atoms with Crippen molar-refractivity contribution in [1.29, 1.82) is 0 Å². The number of anilines is 1. The number of hydrogen-bond acceptors (Lipinski definition) is 3. The van der Waals surface area contributed by atoms with Crippen molar-refractivity contribution in [1.82, 2.24) is 4.98 Å². The second-order valence-electron chi connectivity index (χ2n) is 4.52. The molecule has 3 rings (SSSR count). The molecule has 3 aromatic rings. The summed E-state index contributed by atoms with van der Waals surface area (Å²) >= 11 is 5.12. The zero-order valence-corrected chi connectivity index (χ0v) is 13.1. The minimum atomic E-state index is 0.771. The molecule has 2 N–H and O–H groups in total. The fourth-order valence-corrected chi connectivity index (χ4v) is 3.12. The monoisotopic (exact) mass is 344 g/mol. The molecule has 0 saturated heterocycles. The normalized spacial score (nSPS) is 10.7. The van der Waals surface area contributed by atoms with Gasteiger partial charge in [-0.1, -0.05) is 46.3 Å². The number of benzene rings is 2. The first-order valence-electron chi connectivity index (χ1n) is 6.26. The molecule has 0 spiro atoms. The number of rotatable bonds is 3. The van der Waals surface area contributed by atoms with Gasteiger partial charge in [0.1, 0.15) is 0 Å². The summed E-state index contributed by atoms with van der Waals surface area (Å²) in [6.45, 7) is 0. The smallest absolute Gasteiger partial charge is 0.0976 e. The molecular weight excluding hydrogens is 332 g/mol. The van der Waals surface area contributed by atoms with Crippen molar-refractivity contribution >= 4 is 33.0 Å². The van der Waals surface area contributed by atoms with Gasteiger partial charge in [0.2, 0.25) is 0 Å². The topological polar surface area (TPSA) is 38.9 Å². The molecule has 0 aliphatic carbocycles. The van der Waals surface area contributed by atoms with Crippen LogP contribution in [0.5, 0.6) is 0 Å². The number of aromatic nitrogens is 1. The Hall–Kier alpha value is -1.65. The first-order chi connectivity index (χ1) is 9.72. The van der Waals surface area contributed by atoms with E-state index in [1.807, 2.05) is 24.3 Å². The van der Waals surface area contributed by atoms with E-state index in [1.54, 1.807) is 11.3 Å². The number of para-hydroxylation sites is 1. The summed E-state index contributed by atoms with van der Waals surface area (Å²) in [4.78, 5) is 4.69. The molecule has 0 aliphatic rings. The number of halogens is 1. The fraction of sp³-hybridized carbons (Fsp3) is 0.0625. The summed E-state index contributed by atoms with van der Waals surface area (Å²) in [6, 6.07) is 16.2. The van der Waals surface area contributed by atoms with Crippen LogP contribution in [0.1, 0.15) is 10.6 Å². The largest absolute Gasteiger partial charge is 0.398 e. The Morgan fingerprint density at radius 3 is 2.55 bits per heavy atom. The van der Waals surface area contributed by atoms with Gasteiger partial charge in [-0.2, -0.15) is 0 Å². The summed E-state index contributed by atoms with van der Waals surface area (Å²) in [5, 5.41) is 3.17. The van der Waals surface area contributed by atoms with Crippen molar-refractivity contribution in [2.24, 2.45) is 0 Å². The van der Waals surface area contributed by atoms with Crippen molar-refractivity contribution in [2.75, 3.05) is 5.73 Å². The second kappa shape index (κ2) is 5.77. The Bertz CT molecular complexity index is 719. The quantitative estimate of drug-likeness (QED) is 0.696. The number of hydrogen-bond donors (Lipinski definition) is 1. The van der Waals surface area contributed by atoms with Crippen molar-refractivity contribution in [3.8, 4) is 11.3 Å². The molecule has 0 atom stereocenters. The highest BCUT2D eigenvalue weighted by Crippen LogP contribution is 2.27. The lowest BCUT2D eigenvalue weighted by Crippen LogP contribution is -1.90. The third kappa shape index (κ3) is 2.92. The highest BCUT2D eigenvalue weighted by molar-refractivity contribution is 9.10. The van der Waals surface area contributed by atoms with Crippen molar-refractivity contribution < 1.29 is 0 Å². The lowest BCUT2D eigenvalue weighted by atomic mass is 10.1. The van der Waals surface area contributed by atoms with Crippen LogP contribution in [0.15, 0.2) is 58.4 Å². The predicted molar refractivity (Wildman–Crippen MR) is 88.9 cm³/mol. The Kier molecular flexibility index (Phi) is 3.85. The molecule has 2 nitrogen and oxygen atoms in total. The lowest BCUT2D eigenvalue weighted by molar-refractivity contribution is 1.14. The van der Waals surface area contributed by atoms with E-state index in [-0.39, 0.29) is 0 Å². The Balaban J connectivity index is 1.84. The third-order valence-corrected chi connectivity index (χ3v) is 4.43. The van der Waals surface area contributed by atoms with E-state index in [9.17, 15) is 0 Å². The molecule has 0 radical (unpaired) electrons. The second-order valence-corrected chi connectivity index (χ2v) is 6.38. The first kappa shape index (κ1) is 13.3. The standard InChI is InChI=1S/C16H13BrN2S/c17-12-7-5-11(6-8-12)9-16-19-15(10-20-16)13-3-1-2-4-14(13)18/h1-8,10H,9,18H2. The van der Waals surface area contributed by atoms with Gasteiger partial charge >= 0.3 is 0 Å². The van der Waals surface area contributed by atoms with Crippen LogP contribution in [0.2, 0.25) is 0 Å². The molecule has 0 fully saturated rings. The molecule has 100 valence electrons. The number of nitrogens with two attached hydrogens (primary N) is 1. The van der Waals surface area contributed by atoms with E-state index >= 15 is 0 Å². The fourth-order valence-electron chi connectivity index (χ4n) is 2.02. The van der Waals surface area contributed by atoms with Crippen LogP contribution in [0, 0.1) is 0 Å². The maximum atomic E-state index is 5.99. The summed E-state index contributed by atoms with van der Waals surface area (Å²) in [6.07, 6.45) is 0.852. The molecular formula is C16H13BrN2S. The minimum Gasteiger partial charge on any atom is -0.398 e. The van der Waals surface area contributed by atoms with E-state index in [4.69, 9.17) is 5.73 Å². The van der Waals surface area contributed by atoms with E-state index < -0.39 is 0 Å². The molecule has 0 bridgehead atoms. The van der Waals surface area contributed by atoms with Gasteiger partial charge in [-0.3, -0.25) is 0 Å². The van der Waals surface area contributed by atoms with Crippen LogP contribution in [-0.4, -0.2) is 4.98 Å². The maximum Gasteiger partial charge on any atom is 0.0976 e. The Labute approximate surface area is 130 Å². The molecule has 20 heavy (non-hydrogen) atoms. The molecule has 0 aliphatic heterocycles. The molecule has 1 aromatic heterocycles. The minimum absolute atomic E-state index is 0.771. The molecule has 0 unspecified atom stereocenters. The van der Waals surface area contributed by atoms with E-state index in [2.05, 4.69) is 50.6 Å². The summed E-state index contributed by atoms with van der Waals surface area (Å²) < 4.78 is 1.10. The first-order valence-corrected chi connectivity index (χ1v) is 7.93. The van der Waals surface area contributed by atoms with Crippen molar-refractivity contribution in [3.05, 3.63) is 69.0 Å². The molecule has 4 heteroatoms. The zero-order chi connectivity index (χ0) is 13.9. The van der Waals surface area contributed by atoms with Crippen LogP contribution >= 0.6 is 27.3 Å². The SMILES string of the molecule is Nc1ccccc1-c1csc(Cc2ccc(Br)cc2)n1. The average Bonchev–Trinajstić information content (AvgIpc) is 2.90. The number of nitrogens with zero attached hydrogens (tertiary/aromatic N) is 1. The van der Waals surface area contributed by atoms with Crippen LogP contribution in [0.4, 0.5) is 5.69 Å². The van der Waals surface area contributed by atoms with Gasteiger partial charge in [-0.25, -0.2) is 4.98 Å². The summed E-state index contributed by atoms with van der Waals surface area (Å²) in [5.41, 5.74) is 9.99. The van der Waals surface area contributed by atoms with Crippen LogP contribution < -0.4 is 5.73 Å². The van der Waals surface area contributed by atoms with Gasteiger partial charge in [-0.15, -0.1) is 11.3 Å². The summed E-state index contributed by atoms with van der Waals surface area (Å²) in [7, 11) is 0. The zero-order valence-electron chi connectivity index (χ0n) is 10.7. The van der Waals surface area contributed by atoms with Crippen molar-refractivity contribution in [3.63, 3.8) is 0 Å². The Morgan fingerprint density at radius 2 is 1.80 bits per heavy atom.